The summed E-state index contributed by atoms with van der Waals surface area (Å²) in [5.41, 5.74) is 2.66. The normalized spacial score (nSPS) is 12.4. The van der Waals surface area contributed by atoms with Gasteiger partial charge in [-0.2, -0.15) is 23.8 Å². The standard InChI is InChI=1S/C9H7.K/c1-2-5-9-7-3-6-8(9)4-1;/h1-5H,6H2;/q-1;+1. The van der Waals surface area contributed by atoms with Gasteiger partial charge in [-0.3, -0.25) is 0 Å². The maximum atomic E-state index is 3.18. The van der Waals surface area contributed by atoms with E-state index >= 15 is 0 Å². The number of allylic oxidation sites excluding steroid dienone is 1. The van der Waals surface area contributed by atoms with Crippen LogP contribution in [0.2, 0.25) is 0 Å². The van der Waals surface area contributed by atoms with E-state index in [2.05, 4.69) is 30.4 Å². The fourth-order valence-corrected chi connectivity index (χ4v) is 1.11. The molecule has 0 aliphatic heterocycles. The first-order valence-corrected chi connectivity index (χ1v) is 3.13. The summed E-state index contributed by atoms with van der Waals surface area (Å²) in [4.78, 5) is 0. The van der Waals surface area contributed by atoms with Gasteiger partial charge in [0.2, 0.25) is 0 Å². The van der Waals surface area contributed by atoms with Crippen molar-refractivity contribution in [3.8, 4) is 0 Å². The Kier molecular flexibility index (Phi) is 3.33. The fourth-order valence-electron chi connectivity index (χ4n) is 1.11. The average molecular weight is 154 g/mol. The van der Waals surface area contributed by atoms with E-state index in [0.29, 0.717) is 0 Å². The second kappa shape index (κ2) is 3.84. The molecular weight excluding hydrogens is 147 g/mol. The van der Waals surface area contributed by atoms with Crippen LogP contribution in [-0.4, -0.2) is 0 Å². The molecule has 0 spiro atoms. The van der Waals surface area contributed by atoms with Crippen molar-refractivity contribution in [2.75, 3.05) is 0 Å². The summed E-state index contributed by atoms with van der Waals surface area (Å²) in [5.74, 6) is 0. The number of fused-ring (bicyclic) bond motifs is 1. The van der Waals surface area contributed by atoms with Gasteiger partial charge in [0.05, 0.1) is 0 Å². The second-order valence-electron chi connectivity index (χ2n) is 2.21. The number of hydrogen-bond donors (Lipinski definition) is 0. The summed E-state index contributed by atoms with van der Waals surface area (Å²) in [7, 11) is 0. The summed E-state index contributed by atoms with van der Waals surface area (Å²) >= 11 is 0. The van der Waals surface area contributed by atoms with Crippen molar-refractivity contribution in [1.82, 2.24) is 0 Å². The topological polar surface area (TPSA) is 0 Å². The van der Waals surface area contributed by atoms with E-state index in [1.807, 2.05) is 6.07 Å². The van der Waals surface area contributed by atoms with Crippen molar-refractivity contribution >= 4 is 0 Å². The van der Waals surface area contributed by atoms with Gasteiger partial charge in [-0.1, -0.05) is 12.5 Å². The third kappa shape index (κ3) is 1.60. The Morgan fingerprint density at radius 1 is 1.20 bits per heavy atom. The van der Waals surface area contributed by atoms with E-state index in [0.717, 1.165) is 6.42 Å². The maximum Gasteiger partial charge on any atom is 1.00 e. The van der Waals surface area contributed by atoms with Crippen molar-refractivity contribution in [2.24, 2.45) is 0 Å². The van der Waals surface area contributed by atoms with Crippen LogP contribution in [0.5, 0.6) is 0 Å². The molecule has 0 saturated heterocycles. The van der Waals surface area contributed by atoms with Crippen LogP contribution < -0.4 is 51.4 Å². The molecular formula is C9H7K. The van der Waals surface area contributed by atoms with Crippen molar-refractivity contribution in [3.05, 3.63) is 47.5 Å². The zero-order chi connectivity index (χ0) is 6.10. The molecule has 10 heavy (non-hydrogen) atoms. The molecule has 0 saturated carbocycles. The van der Waals surface area contributed by atoms with E-state index in [1.54, 1.807) is 0 Å². The van der Waals surface area contributed by atoms with Crippen molar-refractivity contribution in [3.63, 3.8) is 0 Å². The van der Waals surface area contributed by atoms with Gasteiger partial charge in [-0.25, -0.2) is 0 Å². The first-order chi connectivity index (χ1) is 4.47. The Morgan fingerprint density at radius 2 is 2.00 bits per heavy atom. The van der Waals surface area contributed by atoms with E-state index in [9.17, 15) is 0 Å². The van der Waals surface area contributed by atoms with Crippen LogP contribution in [0.25, 0.3) is 0 Å². The largest absolute Gasteiger partial charge is 1.00 e. The Morgan fingerprint density at radius 3 is 2.80 bits per heavy atom. The van der Waals surface area contributed by atoms with Crippen molar-refractivity contribution < 1.29 is 51.4 Å². The molecule has 1 aliphatic rings. The van der Waals surface area contributed by atoms with Crippen LogP contribution in [0.15, 0.2) is 30.3 Å². The van der Waals surface area contributed by atoms with Crippen LogP contribution in [0.1, 0.15) is 11.1 Å². The Labute approximate surface area is 104 Å². The van der Waals surface area contributed by atoms with Gasteiger partial charge in [-0.05, 0) is 0 Å². The molecule has 0 amide bonds. The van der Waals surface area contributed by atoms with Gasteiger partial charge in [-0.15, -0.1) is 17.7 Å². The third-order valence-electron chi connectivity index (χ3n) is 1.60. The zero-order valence-corrected chi connectivity index (χ0v) is 9.22. The minimum atomic E-state index is 0. The van der Waals surface area contributed by atoms with E-state index in [4.69, 9.17) is 0 Å². The van der Waals surface area contributed by atoms with Gasteiger partial charge >= 0.3 is 51.4 Å². The fraction of sp³-hybridized carbons (Fsp3) is 0.111. The molecule has 0 atom stereocenters. The summed E-state index contributed by atoms with van der Waals surface area (Å²) in [6.45, 7) is 0. The quantitative estimate of drug-likeness (QED) is 0.330. The van der Waals surface area contributed by atoms with Crippen LogP contribution in [0.3, 0.4) is 0 Å². The summed E-state index contributed by atoms with van der Waals surface area (Å²) in [5, 5.41) is 0. The van der Waals surface area contributed by atoms with Crippen LogP contribution in [-0.2, 0) is 6.42 Å². The van der Waals surface area contributed by atoms with Gasteiger partial charge in [0.15, 0.2) is 0 Å². The molecule has 0 unspecified atom stereocenters. The van der Waals surface area contributed by atoms with Crippen LogP contribution in [0, 0.1) is 6.08 Å². The monoisotopic (exact) mass is 154 g/mol. The third-order valence-corrected chi connectivity index (χ3v) is 1.60. The van der Waals surface area contributed by atoms with Gasteiger partial charge in [0.1, 0.15) is 0 Å². The molecule has 0 bridgehead atoms. The molecule has 0 N–H and O–H groups in total. The van der Waals surface area contributed by atoms with E-state index in [1.165, 1.54) is 11.1 Å². The SMILES string of the molecule is [C-]1=CCc2ccccc21.[K+]. The van der Waals surface area contributed by atoms with Gasteiger partial charge < -0.3 is 0 Å². The van der Waals surface area contributed by atoms with E-state index < -0.39 is 0 Å². The van der Waals surface area contributed by atoms with E-state index in [-0.39, 0.29) is 51.4 Å². The summed E-state index contributed by atoms with van der Waals surface area (Å²) in [6.07, 6.45) is 6.31. The zero-order valence-electron chi connectivity index (χ0n) is 6.09. The van der Waals surface area contributed by atoms with Gasteiger partial charge in [0.25, 0.3) is 0 Å². The summed E-state index contributed by atoms with van der Waals surface area (Å²) in [6, 6.07) is 8.36. The minimum Gasteiger partial charge on any atom is -0.190 e. The summed E-state index contributed by atoms with van der Waals surface area (Å²) < 4.78 is 0. The number of benzene rings is 1. The molecule has 0 heterocycles. The minimum absolute atomic E-state index is 0. The van der Waals surface area contributed by atoms with Crippen molar-refractivity contribution in [2.45, 2.75) is 6.42 Å². The molecule has 1 heteroatoms. The Bertz CT molecular complexity index is 251. The molecule has 1 aliphatic carbocycles. The molecule has 0 radical (unpaired) electrons. The first-order valence-electron chi connectivity index (χ1n) is 3.13. The first kappa shape index (κ1) is 8.69. The number of hydrogen-bond acceptors (Lipinski definition) is 0. The van der Waals surface area contributed by atoms with Crippen molar-refractivity contribution in [1.29, 1.82) is 0 Å². The molecule has 0 nitrogen and oxygen atoms in total. The average Bonchev–Trinajstić information content (AvgIpc) is 2.33. The maximum absolute atomic E-state index is 3.18. The smallest absolute Gasteiger partial charge is 0.190 e. The number of rotatable bonds is 0. The molecule has 1 aromatic rings. The predicted octanol–water partition coefficient (Wildman–Crippen LogP) is -1.05. The second-order valence-corrected chi connectivity index (χ2v) is 2.21. The molecule has 1 aromatic carbocycles. The predicted molar refractivity (Wildman–Crippen MR) is 37.1 cm³/mol. The Hall–Kier alpha value is 0.596. The Balaban J connectivity index is 0.000000500. The molecule has 0 fully saturated rings. The molecule has 0 aromatic heterocycles. The van der Waals surface area contributed by atoms with Crippen LogP contribution >= 0.6 is 0 Å². The van der Waals surface area contributed by atoms with Gasteiger partial charge in [0, 0.05) is 0 Å². The molecule has 2 rings (SSSR count). The molecule has 44 valence electrons. The van der Waals surface area contributed by atoms with Crippen LogP contribution in [0.4, 0.5) is 0 Å².